The molecule has 5 nitrogen and oxygen atoms in total. The summed E-state index contributed by atoms with van der Waals surface area (Å²) in [5.41, 5.74) is 2.33. The first kappa shape index (κ1) is 20.0. The quantitative estimate of drug-likeness (QED) is 0.407. The number of oxime groups is 1. The van der Waals surface area contributed by atoms with Crippen molar-refractivity contribution in [1.82, 2.24) is 0 Å². The Kier molecular flexibility index (Phi) is 5.44. The van der Waals surface area contributed by atoms with E-state index in [0.29, 0.717) is 15.5 Å². The molecule has 0 saturated heterocycles. The fourth-order valence-electron chi connectivity index (χ4n) is 3.06. The summed E-state index contributed by atoms with van der Waals surface area (Å²) in [7, 11) is -4.06. The Labute approximate surface area is 179 Å². The first-order valence-corrected chi connectivity index (χ1v) is 11.3. The highest BCUT2D eigenvalue weighted by Crippen LogP contribution is 2.35. The molecular weight excluding hydrogens is 416 g/mol. The summed E-state index contributed by atoms with van der Waals surface area (Å²) < 4.78 is 30.0. The van der Waals surface area contributed by atoms with Crippen molar-refractivity contribution in [2.24, 2.45) is 5.16 Å². The Morgan fingerprint density at radius 3 is 2.50 bits per heavy atom. The highest BCUT2D eigenvalue weighted by atomic mass is 32.2. The van der Waals surface area contributed by atoms with Crippen LogP contribution in [0, 0.1) is 18.3 Å². The van der Waals surface area contributed by atoms with E-state index in [1.54, 1.807) is 24.3 Å². The van der Waals surface area contributed by atoms with Gasteiger partial charge in [-0.1, -0.05) is 71.5 Å². The second-order valence-electron chi connectivity index (χ2n) is 6.57. The number of hydrogen-bond acceptors (Lipinski definition) is 6. The van der Waals surface area contributed by atoms with Gasteiger partial charge < -0.3 is 0 Å². The molecule has 0 unspecified atom stereocenters. The van der Waals surface area contributed by atoms with Crippen molar-refractivity contribution < 1.29 is 12.7 Å². The van der Waals surface area contributed by atoms with Gasteiger partial charge in [0.1, 0.15) is 16.0 Å². The SMILES string of the molecule is Cc1ccccc1/C(C#N)=C1C=C/C(=N\OS(=O)(=O)c2ccc3ccccc3c2)S/1. The molecule has 0 spiro atoms. The molecule has 0 radical (unpaired) electrons. The maximum atomic E-state index is 12.5. The zero-order valence-electron chi connectivity index (χ0n) is 15.9. The molecule has 0 bridgehead atoms. The standard InChI is InChI=1S/C23H16N2O3S2/c1-16-6-2-5-9-20(16)21(15-24)22-12-13-23(29-22)25-28-30(26,27)19-11-10-17-7-3-4-8-18(17)14-19/h2-14H,1H3/b22-21-,25-23+. The molecule has 0 aliphatic carbocycles. The lowest BCUT2D eigenvalue weighted by atomic mass is 10.0. The number of benzene rings is 3. The van der Waals surface area contributed by atoms with Crippen LogP contribution >= 0.6 is 11.8 Å². The highest BCUT2D eigenvalue weighted by Gasteiger charge is 2.20. The maximum absolute atomic E-state index is 12.5. The first-order valence-electron chi connectivity index (χ1n) is 9.05. The van der Waals surface area contributed by atoms with Crippen LogP contribution in [0.3, 0.4) is 0 Å². The zero-order chi connectivity index (χ0) is 21.1. The molecule has 1 aliphatic rings. The normalized spacial score (nSPS) is 16.6. The van der Waals surface area contributed by atoms with Crippen molar-refractivity contribution in [2.45, 2.75) is 11.8 Å². The molecular formula is C23H16N2O3S2. The lowest BCUT2D eigenvalue weighted by molar-refractivity contribution is 0.340. The number of allylic oxidation sites excluding steroid dienone is 2. The molecule has 0 amide bonds. The number of thioether (sulfide) groups is 1. The van der Waals surface area contributed by atoms with E-state index in [-0.39, 0.29) is 4.90 Å². The van der Waals surface area contributed by atoms with Gasteiger partial charge in [0.15, 0.2) is 0 Å². The van der Waals surface area contributed by atoms with Gasteiger partial charge >= 0.3 is 10.1 Å². The third-order valence-corrected chi connectivity index (χ3v) is 6.68. The van der Waals surface area contributed by atoms with E-state index >= 15 is 0 Å². The molecule has 0 aromatic heterocycles. The zero-order valence-corrected chi connectivity index (χ0v) is 17.6. The number of aryl methyl sites for hydroxylation is 1. The second kappa shape index (κ2) is 8.19. The fourth-order valence-corrected chi connectivity index (χ4v) is 4.71. The van der Waals surface area contributed by atoms with E-state index in [1.165, 1.54) is 17.8 Å². The molecule has 0 fully saturated rings. The minimum Gasteiger partial charge on any atom is -0.264 e. The first-order chi connectivity index (χ1) is 14.5. The minimum atomic E-state index is -4.06. The van der Waals surface area contributed by atoms with Crippen LogP contribution in [0.2, 0.25) is 0 Å². The van der Waals surface area contributed by atoms with Gasteiger partial charge in [-0.2, -0.15) is 13.7 Å². The van der Waals surface area contributed by atoms with Gasteiger partial charge in [-0.3, -0.25) is 4.28 Å². The molecule has 148 valence electrons. The van der Waals surface area contributed by atoms with Crippen LogP contribution in [0.1, 0.15) is 11.1 Å². The lowest BCUT2D eigenvalue weighted by Crippen LogP contribution is -2.03. The van der Waals surface area contributed by atoms with E-state index in [1.807, 2.05) is 55.5 Å². The summed E-state index contributed by atoms with van der Waals surface area (Å²) in [4.78, 5) is 0.725. The smallest absolute Gasteiger partial charge is 0.264 e. The topological polar surface area (TPSA) is 79.5 Å². The van der Waals surface area contributed by atoms with E-state index in [0.717, 1.165) is 21.9 Å². The minimum absolute atomic E-state index is 0.0333. The number of rotatable bonds is 4. The third-order valence-electron chi connectivity index (χ3n) is 4.60. The van der Waals surface area contributed by atoms with Gasteiger partial charge in [0.2, 0.25) is 0 Å². The molecule has 30 heavy (non-hydrogen) atoms. The molecule has 0 saturated carbocycles. The van der Waals surface area contributed by atoms with Crippen LogP contribution in [-0.4, -0.2) is 13.5 Å². The predicted molar refractivity (Wildman–Crippen MR) is 120 cm³/mol. The van der Waals surface area contributed by atoms with Gasteiger partial charge in [0.05, 0.1) is 5.57 Å². The number of fused-ring (bicyclic) bond motifs is 1. The van der Waals surface area contributed by atoms with Crippen LogP contribution < -0.4 is 0 Å². The summed E-state index contributed by atoms with van der Waals surface area (Å²) in [5, 5.41) is 15.5. The molecule has 1 aliphatic heterocycles. The van der Waals surface area contributed by atoms with Crippen LogP contribution in [0.25, 0.3) is 16.3 Å². The summed E-state index contributed by atoms with van der Waals surface area (Å²) >= 11 is 1.19. The Balaban J connectivity index is 1.57. The van der Waals surface area contributed by atoms with Crippen molar-refractivity contribution in [3.05, 3.63) is 94.9 Å². The van der Waals surface area contributed by atoms with Crippen molar-refractivity contribution in [3.8, 4) is 6.07 Å². The molecule has 7 heteroatoms. The third kappa shape index (κ3) is 4.01. The largest absolute Gasteiger partial charge is 0.358 e. The van der Waals surface area contributed by atoms with Crippen LogP contribution in [0.15, 0.2) is 93.8 Å². The Morgan fingerprint density at radius 1 is 1.00 bits per heavy atom. The summed E-state index contributed by atoms with van der Waals surface area (Å²) in [6, 6.07) is 22.1. The molecule has 1 heterocycles. The van der Waals surface area contributed by atoms with E-state index in [9.17, 15) is 13.7 Å². The predicted octanol–water partition coefficient (Wildman–Crippen LogP) is 5.40. The molecule has 0 N–H and O–H groups in total. The fraction of sp³-hybridized carbons (Fsp3) is 0.0435. The Hall–Kier alpha value is -3.34. The number of nitriles is 1. The highest BCUT2D eigenvalue weighted by molar-refractivity contribution is 8.18. The Bertz CT molecular complexity index is 1380. The van der Waals surface area contributed by atoms with E-state index in [4.69, 9.17) is 4.28 Å². The Morgan fingerprint density at radius 2 is 1.73 bits per heavy atom. The molecule has 3 aromatic rings. The van der Waals surface area contributed by atoms with Gasteiger partial charge in [-0.15, -0.1) is 0 Å². The van der Waals surface area contributed by atoms with Gasteiger partial charge in [-0.25, -0.2) is 0 Å². The van der Waals surface area contributed by atoms with E-state index in [2.05, 4.69) is 11.2 Å². The van der Waals surface area contributed by atoms with Crippen molar-refractivity contribution in [2.75, 3.05) is 0 Å². The monoisotopic (exact) mass is 432 g/mol. The van der Waals surface area contributed by atoms with Gasteiger partial charge in [0.25, 0.3) is 0 Å². The lowest BCUT2D eigenvalue weighted by Gasteiger charge is -2.06. The average molecular weight is 433 g/mol. The van der Waals surface area contributed by atoms with E-state index < -0.39 is 10.1 Å². The summed E-state index contributed by atoms with van der Waals surface area (Å²) in [6.45, 7) is 1.94. The van der Waals surface area contributed by atoms with Crippen LogP contribution in [0.4, 0.5) is 0 Å². The number of nitrogens with zero attached hydrogens (tertiary/aromatic N) is 2. The number of hydrogen-bond donors (Lipinski definition) is 0. The second-order valence-corrected chi connectivity index (χ2v) is 9.16. The van der Waals surface area contributed by atoms with Crippen LogP contribution in [-0.2, 0) is 14.4 Å². The summed E-state index contributed by atoms with van der Waals surface area (Å²) in [5.74, 6) is 0. The van der Waals surface area contributed by atoms with Gasteiger partial charge in [0, 0.05) is 4.91 Å². The van der Waals surface area contributed by atoms with Crippen molar-refractivity contribution >= 4 is 43.3 Å². The van der Waals surface area contributed by atoms with Gasteiger partial charge in [-0.05, 0) is 53.1 Å². The molecule has 0 atom stereocenters. The van der Waals surface area contributed by atoms with Crippen molar-refractivity contribution in [3.63, 3.8) is 0 Å². The molecule has 3 aromatic carbocycles. The maximum Gasteiger partial charge on any atom is 0.358 e. The molecule has 4 rings (SSSR count). The van der Waals surface area contributed by atoms with Crippen molar-refractivity contribution in [1.29, 1.82) is 5.26 Å². The van der Waals surface area contributed by atoms with Crippen LogP contribution in [0.5, 0.6) is 0 Å². The average Bonchev–Trinajstić information content (AvgIpc) is 3.23. The summed E-state index contributed by atoms with van der Waals surface area (Å²) in [6.07, 6.45) is 3.37.